The number of pyridine rings is 1. The van der Waals surface area contributed by atoms with E-state index < -0.39 is 10.0 Å². The molecule has 0 radical (unpaired) electrons. The van der Waals surface area contributed by atoms with Gasteiger partial charge in [-0.3, -0.25) is 14.2 Å². The smallest absolute Gasteiger partial charge is 0.275 e. The lowest BCUT2D eigenvalue weighted by Crippen LogP contribution is -2.12. The van der Waals surface area contributed by atoms with Crippen molar-refractivity contribution in [3.63, 3.8) is 0 Å². The van der Waals surface area contributed by atoms with Gasteiger partial charge in [0.25, 0.3) is 5.91 Å². The summed E-state index contributed by atoms with van der Waals surface area (Å²) >= 11 is 7.44. The van der Waals surface area contributed by atoms with Crippen molar-refractivity contribution in [2.45, 2.75) is 6.92 Å². The Hall–Kier alpha value is -3.02. The number of carbonyl (C=O) groups is 1. The summed E-state index contributed by atoms with van der Waals surface area (Å²) in [5.41, 5.74) is 3.12. The van der Waals surface area contributed by atoms with Crippen molar-refractivity contribution in [1.82, 2.24) is 19.7 Å². The Labute approximate surface area is 187 Å². The van der Waals surface area contributed by atoms with E-state index in [4.69, 9.17) is 11.6 Å². The number of amides is 1. The molecule has 0 aliphatic rings. The van der Waals surface area contributed by atoms with Crippen LogP contribution in [0.15, 0.2) is 36.0 Å². The van der Waals surface area contributed by atoms with E-state index in [1.807, 2.05) is 13.0 Å². The summed E-state index contributed by atoms with van der Waals surface area (Å²) in [6.07, 6.45) is 4.23. The van der Waals surface area contributed by atoms with Crippen molar-refractivity contribution in [2.75, 3.05) is 16.3 Å². The topological polar surface area (TPSA) is 119 Å². The summed E-state index contributed by atoms with van der Waals surface area (Å²) in [6, 6.07) is 5.24. The van der Waals surface area contributed by atoms with Gasteiger partial charge < -0.3 is 5.32 Å². The van der Waals surface area contributed by atoms with Crippen LogP contribution in [0.2, 0.25) is 5.15 Å². The van der Waals surface area contributed by atoms with Gasteiger partial charge in [0.2, 0.25) is 10.0 Å². The number of fused-ring (bicyclic) bond motifs is 1. The molecule has 0 aliphatic heterocycles. The van der Waals surface area contributed by atoms with E-state index in [-0.39, 0.29) is 16.7 Å². The SMILES string of the molecule is Cc1nc(C(=O)Nc2cc(-c3cnc(Cl)c(NS(C)(=O)=O)c3)cc3c2cnn3C)cs1. The molecule has 31 heavy (non-hydrogen) atoms. The van der Waals surface area contributed by atoms with E-state index in [0.29, 0.717) is 22.5 Å². The van der Waals surface area contributed by atoms with Gasteiger partial charge in [0.1, 0.15) is 5.69 Å². The maximum absolute atomic E-state index is 12.7. The first-order chi connectivity index (χ1) is 14.6. The molecule has 1 aromatic carbocycles. The molecule has 12 heteroatoms. The zero-order chi connectivity index (χ0) is 22.3. The first kappa shape index (κ1) is 21.2. The average molecular weight is 477 g/mol. The molecule has 0 saturated carbocycles. The summed E-state index contributed by atoms with van der Waals surface area (Å²) in [4.78, 5) is 21.0. The second kappa shape index (κ2) is 7.91. The molecule has 4 rings (SSSR count). The molecular weight excluding hydrogens is 460 g/mol. The minimum Gasteiger partial charge on any atom is -0.320 e. The van der Waals surface area contributed by atoms with Crippen LogP contribution < -0.4 is 10.0 Å². The maximum atomic E-state index is 12.7. The van der Waals surface area contributed by atoms with Gasteiger partial charge in [0.05, 0.1) is 34.4 Å². The third-order valence-electron chi connectivity index (χ3n) is 4.43. The highest BCUT2D eigenvalue weighted by Gasteiger charge is 2.16. The van der Waals surface area contributed by atoms with Crippen LogP contribution in [-0.4, -0.2) is 40.3 Å². The van der Waals surface area contributed by atoms with Gasteiger partial charge in [-0.2, -0.15) is 5.10 Å². The molecular formula is C19H17ClN6O3S2. The summed E-state index contributed by atoms with van der Waals surface area (Å²) in [7, 11) is -1.75. The van der Waals surface area contributed by atoms with Gasteiger partial charge in [-0.05, 0) is 30.7 Å². The van der Waals surface area contributed by atoms with E-state index in [2.05, 4.69) is 25.1 Å². The molecule has 3 heterocycles. The number of hydrogen-bond donors (Lipinski definition) is 2. The Morgan fingerprint density at radius 2 is 1.90 bits per heavy atom. The van der Waals surface area contributed by atoms with Crippen LogP contribution in [0.4, 0.5) is 11.4 Å². The highest BCUT2D eigenvalue weighted by Crippen LogP contribution is 2.33. The summed E-state index contributed by atoms with van der Waals surface area (Å²) in [5, 5.41) is 10.4. The molecule has 2 N–H and O–H groups in total. The number of aromatic nitrogens is 4. The van der Waals surface area contributed by atoms with Crippen LogP contribution in [0.1, 0.15) is 15.5 Å². The van der Waals surface area contributed by atoms with Gasteiger partial charge >= 0.3 is 0 Å². The molecule has 0 saturated heterocycles. The predicted octanol–water partition coefficient (Wildman–Crippen LogP) is 3.68. The van der Waals surface area contributed by atoms with Crippen molar-refractivity contribution in [1.29, 1.82) is 0 Å². The fraction of sp³-hybridized carbons (Fsp3) is 0.158. The number of halogens is 1. The van der Waals surface area contributed by atoms with Gasteiger partial charge in [-0.25, -0.2) is 18.4 Å². The van der Waals surface area contributed by atoms with E-state index in [0.717, 1.165) is 22.2 Å². The Balaban J connectivity index is 1.80. The average Bonchev–Trinajstić information content (AvgIpc) is 3.29. The minimum atomic E-state index is -3.54. The van der Waals surface area contributed by atoms with E-state index in [1.165, 1.54) is 17.5 Å². The molecule has 0 spiro atoms. The third kappa shape index (κ3) is 4.53. The van der Waals surface area contributed by atoms with Crippen molar-refractivity contribution in [3.8, 4) is 11.1 Å². The molecule has 160 valence electrons. The van der Waals surface area contributed by atoms with E-state index in [9.17, 15) is 13.2 Å². The lowest BCUT2D eigenvalue weighted by atomic mass is 10.0. The fourth-order valence-corrected chi connectivity index (χ4v) is 4.40. The van der Waals surface area contributed by atoms with E-state index in [1.54, 1.807) is 35.4 Å². The number of hydrogen-bond acceptors (Lipinski definition) is 7. The molecule has 0 aliphatic carbocycles. The zero-order valence-electron chi connectivity index (χ0n) is 16.7. The lowest BCUT2D eigenvalue weighted by molar-refractivity contribution is 0.102. The van der Waals surface area contributed by atoms with Gasteiger partial charge in [-0.15, -0.1) is 11.3 Å². The first-order valence-corrected chi connectivity index (χ1v) is 12.1. The van der Waals surface area contributed by atoms with Gasteiger partial charge in [0, 0.05) is 29.6 Å². The monoisotopic (exact) mass is 476 g/mol. The third-order valence-corrected chi connectivity index (χ3v) is 6.10. The molecule has 1 amide bonds. The summed E-state index contributed by atoms with van der Waals surface area (Å²) < 4.78 is 27.3. The largest absolute Gasteiger partial charge is 0.320 e. The number of sulfonamides is 1. The number of rotatable bonds is 5. The minimum absolute atomic E-state index is 0.0308. The van der Waals surface area contributed by atoms with Crippen LogP contribution in [0.3, 0.4) is 0 Å². The Morgan fingerprint density at radius 3 is 2.58 bits per heavy atom. The van der Waals surface area contributed by atoms with Crippen molar-refractivity contribution >= 4 is 61.1 Å². The highest BCUT2D eigenvalue weighted by molar-refractivity contribution is 7.92. The first-order valence-electron chi connectivity index (χ1n) is 8.93. The van der Waals surface area contributed by atoms with Crippen molar-refractivity contribution in [3.05, 3.63) is 51.8 Å². The maximum Gasteiger partial charge on any atom is 0.275 e. The number of nitrogens with zero attached hydrogens (tertiary/aromatic N) is 4. The van der Waals surface area contributed by atoms with Crippen molar-refractivity contribution < 1.29 is 13.2 Å². The van der Waals surface area contributed by atoms with Gasteiger partial charge in [-0.1, -0.05) is 11.6 Å². The molecule has 3 aromatic heterocycles. The number of carbonyl (C=O) groups excluding carboxylic acids is 1. The Morgan fingerprint density at radius 1 is 1.16 bits per heavy atom. The van der Waals surface area contributed by atoms with Gasteiger partial charge in [0.15, 0.2) is 5.15 Å². The number of thiazole rings is 1. The number of anilines is 2. The second-order valence-electron chi connectivity index (χ2n) is 6.87. The van der Waals surface area contributed by atoms with Crippen LogP contribution in [0.25, 0.3) is 22.0 Å². The highest BCUT2D eigenvalue weighted by atomic mass is 35.5. The number of benzene rings is 1. The second-order valence-corrected chi connectivity index (χ2v) is 10.0. The predicted molar refractivity (Wildman–Crippen MR) is 122 cm³/mol. The molecule has 0 fully saturated rings. The molecule has 4 aromatic rings. The Kier molecular flexibility index (Phi) is 5.42. The number of nitrogens with one attached hydrogen (secondary N) is 2. The molecule has 0 unspecified atom stereocenters. The molecule has 9 nitrogen and oxygen atoms in total. The quantitative estimate of drug-likeness (QED) is 0.424. The van der Waals surface area contributed by atoms with Crippen LogP contribution in [0, 0.1) is 6.92 Å². The van der Waals surface area contributed by atoms with Crippen LogP contribution >= 0.6 is 22.9 Å². The summed E-state index contributed by atoms with van der Waals surface area (Å²) in [5.74, 6) is -0.333. The normalized spacial score (nSPS) is 11.6. The molecule has 0 atom stereocenters. The van der Waals surface area contributed by atoms with Crippen molar-refractivity contribution in [2.24, 2.45) is 7.05 Å². The fourth-order valence-electron chi connectivity index (χ4n) is 3.05. The summed E-state index contributed by atoms with van der Waals surface area (Å²) in [6.45, 7) is 1.83. The lowest BCUT2D eigenvalue weighted by Gasteiger charge is -2.11. The van der Waals surface area contributed by atoms with Crippen LogP contribution in [-0.2, 0) is 17.1 Å². The Bertz CT molecular complexity index is 1430. The van der Waals surface area contributed by atoms with E-state index >= 15 is 0 Å². The number of aryl methyl sites for hydroxylation is 2. The standard InChI is InChI=1S/C19H17ClN6O3S2/c1-10-23-16(9-30-10)19(27)24-14-4-11(6-17-13(14)8-22-26(17)2)12-5-15(18(20)21-7-12)25-31(3,28)29/h4-9,25H,1-3H3,(H,24,27). The van der Waals surface area contributed by atoms with Crippen LogP contribution in [0.5, 0.6) is 0 Å². The zero-order valence-corrected chi connectivity index (χ0v) is 19.1. The molecule has 0 bridgehead atoms.